The molecule has 0 radical (unpaired) electrons. The lowest BCUT2D eigenvalue weighted by atomic mass is 10.0. The molecule has 1 saturated heterocycles. The minimum absolute atomic E-state index is 0.127. The van der Waals surface area contributed by atoms with Gasteiger partial charge in [-0.1, -0.05) is 6.07 Å². The van der Waals surface area contributed by atoms with Crippen LogP contribution in [0.15, 0.2) is 48.8 Å². The number of nitrogens with one attached hydrogen (secondary N) is 1. The van der Waals surface area contributed by atoms with E-state index in [4.69, 9.17) is 4.74 Å². The maximum absolute atomic E-state index is 14.1. The van der Waals surface area contributed by atoms with Gasteiger partial charge in [0.1, 0.15) is 11.6 Å². The van der Waals surface area contributed by atoms with Gasteiger partial charge in [-0.15, -0.1) is 0 Å². The Hall–Kier alpha value is -3.35. The molecule has 0 unspecified atom stereocenters. The van der Waals surface area contributed by atoms with Gasteiger partial charge in [0.2, 0.25) is 0 Å². The lowest BCUT2D eigenvalue weighted by Gasteiger charge is -2.20. The quantitative estimate of drug-likeness (QED) is 0.728. The van der Waals surface area contributed by atoms with Crippen LogP contribution in [0.1, 0.15) is 11.1 Å². The Morgan fingerprint density at radius 3 is 2.79 bits per heavy atom. The molecule has 2 aromatic carbocycles. The number of aromatic nitrogens is 2. The van der Waals surface area contributed by atoms with E-state index < -0.39 is 0 Å². The number of nitrogens with zero attached hydrogens (tertiary/aromatic N) is 3. The predicted octanol–water partition coefficient (Wildman–Crippen LogP) is 3.98. The Morgan fingerprint density at radius 1 is 1.21 bits per heavy atom. The van der Waals surface area contributed by atoms with Crippen LogP contribution in [0, 0.1) is 12.7 Å². The van der Waals surface area contributed by atoms with Crippen LogP contribution in [0.3, 0.4) is 0 Å². The van der Waals surface area contributed by atoms with E-state index in [0.29, 0.717) is 24.4 Å². The molecule has 0 atom stereocenters. The van der Waals surface area contributed by atoms with Crippen LogP contribution < -0.4 is 9.64 Å². The second-order valence-electron chi connectivity index (χ2n) is 6.80. The lowest BCUT2D eigenvalue weighted by Crippen LogP contribution is -2.31. The molecule has 6 nitrogen and oxygen atoms in total. The van der Waals surface area contributed by atoms with E-state index in [1.165, 1.54) is 13.2 Å². The summed E-state index contributed by atoms with van der Waals surface area (Å²) in [7, 11) is 1.54. The first-order chi connectivity index (χ1) is 13.6. The fourth-order valence-corrected chi connectivity index (χ4v) is 3.51. The number of hydrogen-bond donors (Lipinski definition) is 1. The summed E-state index contributed by atoms with van der Waals surface area (Å²) < 4.78 is 19.3. The second kappa shape index (κ2) is 7.34. The number of aryl methyl sites for hydroxylation is 1. The molecular weight excluding hydrogens is 359 g/mol. The number of carbonyl (C=O) groups is 1. The first-order valence-corrected chi connectivity index (χ1v) is 9.05. The highest BCUT2D eigenvalue weighted by Gasteiger charge is 2.30. The average molecular weight is 380 g/mol. The van der Waals surface area contributed by atoms with E-state index in [1.54, 1.807) is 28.1 Å². The number of urea groups is 1. The standard InChI is InChI=1S/C21H21FN4O2/c1-14-9-17(3-5-19(14)16-11-23-24-12-16)26-8-7-25(21(26)27)13-15-10-18(28-2)4-6-20(15)22/h3-6,9-12H,7-8,13H2,1-2H3,(H,23,24). The van der Waals surface area contributed by atoms with Crippen LogP contribution in [0.5, 0.6) is 5.75 Å². The average Bonchev–Trinajstić information content (AvgIpc) is 3.34. The van der Waals surface area contributed by atoms with E-state index in [-0.39, 0.29) is 18.4 Å². The highest BCUT2D eigenvalue weighted by atomic mass is 19.1. The molecule has 144 valence electrons. The van der Waals surface area contributed by atoms with Gasteiger partial charge in [0.05, 0.1) is 19.9 Å². The van der Waals surface area contributed by atoms with Crippen molar-refractivity contribution in [2.24, 2.45) is 0 Å². The largest absolute Gasteiger partial charge is 0.497 e. The summed E-state index contributed by atoms with van der Waals surface area (Å²) >= 11 is 0. The van der Waals surface area contributed by atoms with Crippen molar-refractivity contribution >= 4 is 11.7 Å². The topological polar surface area (TPSA) is 61.5 Å². The highest BCUT2D eigenvalue weighted by molar-refractivity contribution is 5.94. The van der Waals surface area contributed by atoms with Crippen molar-refractivity contribution in [2.45, 2.75) is 13.5 Å². The minimum atomic E-state index is -0.340. The zero-order valence-electron chi connectivity index (χ0n) is 15.8. The van der Waals surface area contributed by atoms with Crippen LogP contribution in [0.25, 0.3) is 11.1 Å². The number of rotatable bonds is 5. The van der Waals surface area contributed by atoms with Crippen LogP contribution >= 0.6 is 0 Å². The smallest absolute Gasteiger partial charge is 0.324 e. The Bertz CT molecular complexity index is 1000. The molecule has 2 heterocycles. The number of anilines is 1. The third-order valence-corrected chi connectivity index (χ3v) is 5.04. The monoisotopic (exact) mass is 380 g/mol. The number of halogens is 1. The molecule has 0 spiro atoms. The van der Waals surface area contributed by atoms with Crippen molar-refractivity contribution < 1.29 is 13.9 Å². The van der Waals surface area contributed by atoms with Gasteiger partial charge in [-0.2, -0.15) is 5.10 Å². The van der Waals surface area contributed by atoms with Crippen molar-refractivity contribution in [1.29, 1.82) is 0 Å². The summed E-state index contributed by atoms with van der Waals surface area (Å²) in [5, 5.41) is 6.80. The third-order valence-electron chi connectivity index (χ3n) is 5.04. The van der Waals surface area contributed by atoms with E-state index in [1.807, 2.05) is 31.3 Å². The van der Waals surface area contributed by atoms with Crippen molar-refractivity contribution in [1.82, 2.24) is 15.1 Å². The van der Waals surface area contributed by atoms with E-state index in [0.717, 1.165) is 22.4 Å². The predicted molar refractivity (Wildman–Crippen MR) is 105 cm³/mol. The Kier molecular flexibility index (Phi) is 4.73. The van der Waals surface area contributed by atoms with Gasteiger partial charge in [-0.3, -0.25) is 10.00 Å². The molecular formula is C21H21FN4O2. The molecule has 28 heavy (non-hydrogen) atoms. The number of methoxy groups -OCH3 is 1. The third kappa shape index (κ3) is 3.31. The summed E-state index contributed by atoms with van der Waals surface area (Å²) in [5.41, 5.74) is 4.42. The number of carbonyl (C=O) groups excluding carboxylic acids is 1. The van der Waals surface area contributed by atoms with Crippen molar-refractivity contribution in [3.05, 3.63) is 65.7 Å². The number of benzene rings is 2. The van der Waals surface area contributed by atoms with E-state index in [9.17, 15) is 9.18 Å². The lowest BCUT2D eigenvalue weighted by molar-refractivity contribution is 0.218. The Balaban J connectivity index is 1.52. The zero-order chi connectivity index (χ0) is 19.7. The molecule has 7 heteroatoms. The second-order valence-corrected chi connectivity index (χ2v) is 6.80. The highest BCUT2D eigenvalue weighted by Crippen LogP contribution is 2.29. The Labute approximate surface area is 162 Å². The molecule has 2 amide bonds. The maximum Gasteiger partial charge on any atom is 0.324 e. The summed E-state index contributed by atoms with van der Waals surface area (Å²) in [6, 6.07) is 10.4. The fourth-order valence-electron chi connectivity index (χ4n) is 3.51. The SMILES string of the molecule is COc1ccc(F)c(CN2CCN(c3ccc(-c4cn[nH]c4)c(C)c3)C2=O)c1. The number of H-pyrrole nitrogens is 1. The molecule has 1 aromatic heterocycles. The minimum Gasteiger partial charge on any atom is -0.497 e. The number of aromatic amines is 1. The van der Waals surface area contributed by atoms with Gasteiger partial charge in [-0.05, 0) is 48.4 Å². The summed E-state index contributed by atoms with van der Waals surface area (Å²) in [6.07, 6.45) is 3.61. The van der Waals surface area contributed by atoms with Gasteiger partial charge < -0.3 is 9.64 Å². The van der Waals surface area contributed by atoms with Crippen LogP contribution in [0.2, 0.25) is 0 Å². The summed E-state index contributed by atoms with van der Waals surface area (Å²) in [6.45, 7) is 3.33. The van der Waals surface area contributed by atoms with Crippen LogP contribution in [-0.4, -0.2) is 41.3 Å². The van der Waals surface area contributed by atoms with E-state index >= 15 is 0 Å². The molecule has 3 aromatic rings. The van der Waals surface area contributed by atoms with Gasteiger partial charge >= 0.3 is 6.03 Å². The molecule has 0 bridgehead atoms. The van der Waals surface area contributed by atoms with Gasteiger partial charge in [0.25, 0.3) is 0 Å². The Morgan fingerprint density at radius 2 is 2.07 bits per heavy atom. The molecule has 1 N–H and O–H groups in total. The first-order valence-electron chi connectivity index (χ1n) is 9.05. The van der Waals surface area contributed by atoms with Gasteiger partial charge in [-0.25, -0.2) is 9.18 Å². The normalized spacial score (nSPS) is 14.0. The number of hydrogen-bond acceptors (Lipinski definition) is 3. The molecule has 0 aliphatic carbocycles. The molecule has 1 aliphatic heterocycles. The van der Waals surface area contributed by atoms with Crippen molar-refractivity contribution in [3.63, 3.8) is 0 Å². The number of ether oxygens (including phenoxy) is 1. The van der Waals surface area contributed by atoms with Crippen LogP contribution in [-0.2, 0) is 6.54 Å². The van der Waals surface area contributed by atoms with Crippen molar-refractivity contribution in [2.75, 3.05) is 25.1 Å². The van der Waals surface area contributed by atoms with Gasteiger partial charge in [0, 0.05) is 36.1 Å². The summed E-state index contributed by atoms with van der Waals surface area (Å²) in [4.78, 5) is 16.3. The van der Waals surface area contributed by atoms with E-state index in [2.05, 4.69) is 10.2 Å². The fraction of sp³-hybridized carbons (Fsp3) is 0.238. The molecule has 1 aliphatic rings. The van der Waals surface area contributed by atoms with Crippen LogP contribution in [0.4, 0.5) is 14.9 Å². The molecule has 0 saturated carbocycles. The van der Waals surface area contributed by atoms with Gasteiger partial charge in [0.15, 0.2) is 0 Å². The number of amides is 2. The summed E-state index contributed by atoms with van der Waals surface area (Å²) in [5.74, 6) is 0.234. The first kappa shape index (κ1) is 18.0. The molecule has 1 fully saturated rings. The zero-order valence-corrected chi connectivity index (χ0v) is 15.8. The van der Waals surface area contributed by atoms with Crippen molar-refractivity contribution in [3.8, 4) is 16.9 Å². The molecule has 4 rings (SSSR count). The maximum atomic E-state index is 14.1.